The lowest BCUT2D eigenvalue weighted by atomic mass is 10.1. The summed E-state index contributed by atoms with van der Waals surface area (Å²) < 4.78 is 0. The van der Waals surface area contributed by atoms with E-state index < -0.39 is 0 Å². The molecule has 2 aromatic rings. The van der Waals surface area contributed by atoms with Gasteiger partial charge in [0.1, 0.15) is 5.69 Å². The van der Waals surface area contributed by atoms with Gasteiger partial charge in [0, 0.05) is 18.0 Å². The van der Waals surface area contributed by atoms with Gasteiger partial charge in [-0.25, -0.2) is 4.98 Å². The first-order chi connectivity index (χ1) is 6.92. The standard InChI is InChI=1S/C12H8N2/c1-2-11-10(6-5-9-13-11)12-7-3-4-8-14-12/h1,3-9H. The maximum absolute atomic E-state index is 5.35. The van der Waals surface area contributed by atoms with Crippen molar-refractivity contribution in [2.75, 3.05) is 0 Å². The molecular formula is C12H8N2. The average Bonchev–Trinajstić information content (AvgIpc) is 2.30. The fourth-order valence-corrected chi connectivity index (χ4v) is 1.25. The summed E-state index contributed by atoms with van der Waals surface area (Å²) in [5.41, 5.74) is 2.38. The molecule has 0 saturated carbocycles. The summed E-state index contributed by atoms with van der Waals surface area (Å²) in [6.07, 6.45) is 8.77. The van der Waals surface area contributed by atoms with Gasteiger partial charge in [-0.2, -0.15) is 0 Å². The first-order valence-electron chi connectivity index (χ1n) is 4.25. The molecule has 2 rings (SSSR count). The molecule has 2 heteroatoms. The van der Waals surface area contributed by atoms with Gasteiger partial charge >= 0.3 is 0 Å². The van der Waals surface area contributed by atoms with Crippen LogP contribution >= 0.6 is 0 Å². The van der Waals surface area contributed by atoms with Gasteiger partial charge in [0.15, 0.2) is 0 Å². The molecule has 0 amide bonds. The first kappa shape index (κ1) is 8.46. The van der Waals surface area contributed by atoms with Crippen molar-refractivity contribution in [1.82, 2.24) is 9.97 Å². The van der Waals surface area contributed by atoms with Crippen molar-refractivity contribution in [3.05, 3.63) is 48.4 Å². The van der Waals surface area contributed by atoms with Crippen molar-refractivity contribution < 1.29 is 0 Å². The van der Waals surface area contributed by atoms with Gasteiger partial charge in [-0.1, -0.05) is 6.07 Å². The van der Waals surface area contributed by atoms with Crippen LogP contribution in [0.1, 0.15) is 5.69 Å². The van der Waals surface area contributed by atoms with Crippen molar-refractivity contribution in [2.45, 2.75) is 0 Å². The van der Waals surface area contributed by atoms with E-state index in [0.717, 1.165) is 11.3 Å². The predicted molar refractivity (Wildman–Crippen MR) is 55.4 cm³/mol. The van der Waals surface area contributed by atoms with E-state index in [4.69, 9.17) is 6.42 Å². The van der Waals surface area contributed by atoms with Gasteiger partial charge in [0.2, 0.25) is 0 Å². The summed E-state index contributed by atoms with van der Waals surface area (Å²) >= 11 is 0. The first-order valence-corrected chi connectivity index (χ1v) is 4.25. The van der Waals surface area contributed by atoms with Gasteiger partial charge in [-0.15, -0.1) is 6.42 Å². The van der Waals surface area contributed by atoms with Crippen LogP contribution in [0, 0.1) is 12.3 Å². The number of pyridine rings is 2. The molecule has 2 heterocycles. The topological polar surface area (TPSA) is 25.8 Å². The van der Waals surface area contributed by atoms with E-state index in [9.17, 15) is 0 Å². The molecule has 0 N–H and O–H groups in total. The molecule has 0 atom stereocenters. The highest BCUT2D eigenvalue weighted by atomic mass is 14.7. The quantitative estimate of drug-likeness (QED) is 0.628. The highest BCUT2D eigenvalue weighted by Gasteiger charge is 2.03. The smallest absolute Gasteiger partial charge is 0.122 e. The number of hydrogen-bond donors (Lipinski definition) is 0. The van der Waals surface area contributed by atoms with Crippen LogP contribution in [0.25, 0.3) is 11.3 Å². The van der Waals surface area contributed by atoms with Crippen LogP contribution in [0.3, 0.4) is 0 Å². The number of aromatic nitrogens is 2. The fourth-order valence-electron chi connectivity index (χ4n) is 1.25. The summed E-state index contributed by atoms with van der Waals surface area (Å²) in [6.45, 7) is 0. The minimum atomic E-state index is 0.631. The van der Waals surface area contributed by atoms with E-state index >= 15 is 0 Å². The van der Waals surface area contributed by atoms with Crippen molar-refractivity contribution in [1.29, 1.82) is 0 Å². The summed E-state index contributed by atoms with van der Waals surface area (Å²) in [5.74, 6) is 2.54. The van der Waals surface area contributed by atoms with E-state index in [1.54, 1.807) is 12.4 Å². The Kier molecular flexibility index (Phi) is 2.24. The zero-order valence-electron chi connectivity index (χ0n) is 7.51. The van der Waals surface area contributed by atoms with Gasteiger partial charge < -0.3 is 0 Å². The zero-order valence-corrected chi connectivity index (χ0v) is 7.51. The molecule has 0 fully saturated rings. The Bertz CT molecular complexity index is 469. The number of rotatable bonds is 1. The molecule has 0 spiro atoms. The van der Waals surface area contributed by atoms with Crippen molar-refractivity contribution in [2.24, 2.45) is 0 Å². The molecular weight excluding hydrogens is 172 g/mol. The summed E-state index contributed by atoms with van der Waals surface area (Å²) in [6, 6.07) is 9.48. The zero-order chi connectivity index (χ0) is 9.80. The monoisotopic (exact) mass is 180 g/mol. The number of hydrogen-bond acceptors (Lipinski definition) is 2. The molecule has 66 valence electrons. The third-order valence-electron chi connectivity index (χ3n) is 1.89. The lowest BCUT2D eigenvalue weighted by Crippen LogP contribution is -1.89. The van der Waals surface area contributed by atoms with Crippen LogP contribution in [0.15, 0.2) is 42.7 Å². The van der Waals surface area contributed by atoms with Crippen LogP contribution in [0.4, 0.5) is 0 Å². The second-order valence-corrected chi connectivity index (χ2v) is 2.76. The Morgan fingerprint density at radius 2 is 1.86 bits per heavy atom. The molecule has 0 aliphatic heterocycles. The molecule has 14 heavy (non-hydrogen) atoms. The van der Waals surface area contributed by atoms with Gasteiger partial charge in [0.05, 0.1) is 5.69 Å². The molecule has 2 aromatic heterocycles. The van der Waals surface area contributed by atoms with Crippen molar-refractivity contribution in [3.8, 4) is 23.6 Å². The summed E-state index contributed by atoms with van der Waals surface area (Å²) in [4.78, 5) is 8.32. The minimum Gasteiger partial charge on any atom is -0.256 e. The minimum absolute atomic E-state index is 0.631. The van der Waals surface area contributed by atoms with Crippen LogP contribution < -0.4 is 0 Å². The highest BCUT2D eigenvalue weighted by molar-refractivity contribution is 5.65. The second-order valence-electron chi connectivity index (χ2n) is 2.76. The number of nitrogens with zero attached hydrogens (tertiary/aromatic N) is 2. The van der Waals surface area contributed by atoms with Gasteiger partial charge in [-0.05, 0) is 30.2 Å². The maximum atomic E-state index is 5.35. The Hall–Kier alpha value is -2.14. The third kappa shape index (κ3) is 1.48. The third-order valence-corrected chi connectivity index (χ3v) is 1.89. The normalized spacial score (nSPS) is 9.36. The Balaban J connectivity index is 2.58. The Morgan fingerprint density at radius 3 is 2.57 bits per heavy atom. The lowest BCUT2D eigenvalue weighted by Gasteiger charge is -2.01. The number of terminal acetylenes is 1. The van der Waals surface area contributed by atoms with Crippen LogP contribution in [0.2, 0.25) is 0 Å². The van der Waals surface area contributed by atoms with Crippen molar-refractivity contribution in [3.63, 3.8) is 0 Å². The molecule has 0 unspecified atom stereocenters. The molecule has 0 saturated heterocycles. The molecule has 0 bridgehead atoms. The molecule has 0 aromatic carbocycles. The van der Waals surface area contributed by atoms with E-state index in [2.05, 4.69) is 15.9 Å². The van der Waals surface area contributed by atoms with E-state index in [0.29, 0.717) is 5.69 Å². The Morgan fingerprint density at radius 1 is 1.00 bits per heavy atom. The van der Waals surface area contributed by atoms with E-state index in [1.807, 2.05) is 30.3 Å². The van der Waals surface area contributed by atoms with E-state index in [-0.39, 0.29) is 0 Å². The molecule has 0 aliphatic carbocycles. The molecule has 0 radical (unpaired) electrons. The largest absolute Gasteiger partial charge is 0.256 e. The van der Waals surface area contributed by atoms with Gasteiger partial charge in [-0.3, -0.25) is 4.98 Å². The van der Waals surface area contributed by atoms with Crippen LogP contribution in [0.5, 0.6) is 0 Å². The molecule has 2 nitrogen and oxygen atoms in total. The second kappa shape index (κ2) is 3.71. The average molecular weight is 180 g/mol. The summed E-state index contributed by atoms with van der Waals surface area (Å²) in [7, 11) is 0. The lowest BCUT2D eigenvalue weighted by molar-refractivity contribution is 1.25. The fraction of sp³-hybridized carbons (Fsp3) is 0. The summed E-state index contributed by atoms with van der Waals surface area (Å²) in [5, 5.41) is 0. The SMILES string of the molecule is C#Cc1ncccc1-c1ccccn1. The van der Waals surface area contributed by atoms with Gasteiger partial charge in [0.25, 0.3) is 0 Å². The van der Waals surface area contributed by atoms with E-state index in [1.165, 1.54) is 0 Å². The van der Waals surface area contributed by atoms with Crippen LogP contribution in [-0.2, 0) is 0 Å². The Labute approximate surface area is 82.7 Å². The predicted octanol–water partition coefficient (Wildman–Crippen LogP) is 2.12. The van der Waals surface area contributed by atoms with Crippen molar-refractivity contribution >= 4 is 0 Å². The highest BCUT2D eigenvalue weighted by Crippen LogP contribution is 2.18. The molecule has 0 aliphatic rings. The van der Waals surface area contributed by atoms with Crippen LogP contribution in [-0.4, -0.2) is 9.97 Å². The maximum Gasteiger partial charge on any atom is 0.122 e.